The van der Waals surface area contributed by atoms with Crippen molar-refractivity contribution in [1.29, 1.82) is 0 Å². The molecule has 1 aromatic rings. The molecule has 1 rings (SSSR count). The highest BCUT2D eigenvalue weighted by Crippen LogP contribution is 1.93. The molecule has 8 nitrogen and oxygen atoms in total. The van der Waals surface area contributed by atoms with Crippen LogP contribution >= 0.6 is 0 Å². The summed E-state index contributed by atoms with van der Waals surface area (Å²) in [5.74, 6) is -0.0790. The number of aliphatic hydroxyl groups excluding tert-OH is 1. The van der Waals surface area contributed by atoms with E-state index in [9.17, 15) is 4.79 Å². The fraction of sp³-hybridized carbons (Fsp3) is 0.727. The molecule has 1 aromatic heterocycles. The van der Waals surface area contributed by atoms with Crippen molar-refractivity contribution in [1.82, 2.24) is 25.6 Å². The highest BCUT2D eigenvalue weighted by molar-refractivity contribution is 5.77. The van der Waals surface area contributed by atoms with Gasteiger partial charge in [0.25, 0.3) is 0 Å². The third-order valence-electron chi connectivity index (χ3n) is 2.35. The predicted octanol–water partition coefficient (Wildman–Crippen LogP) is -1.49. The molecule has 1 heterocycles. The third-order valence-corrected chi connectivity index (χ3v) is 2.35. The Kier molecular flexibility index (Phi) is 7.71. The maximum absolute atomic E-state index is 11.4. The second-order valence-electron chi connectivity index (χ2n) is 4.00. The number of aryl methyl sites for hydroxylation is 1. The summed E-state index contributed by atoms with van der Waals surface area (Å²) in [6.07, 6.45) is 2.45. The minimum Gasteiger partial charge on any atom is -0.396 e. The number of hydrogen-bond donors (Lipinski definition) is 3. The summed E-state index contributed by atoms with van der Waals surface area (Å²) in [5.41, 5.74) is 0.766. The standard InChI is InChI=1S/C11H21N5O3/c1-19-6-3-13-11(18)8-12-7-10-9-16(15-14-10)4-2-5-17/h9,12,17H,2-8H2,1H3,(H,13,18). The third kappa shape index (κ3) is 6.85. The zero-order valence-corrected chi connectivity index (χ0v) is 11.1. The number of hydrogen-bond acceptors (Lipinski definition) is 6. The number of rotatable bonds is 10. The van der Waals surface area contributed by atoms with Gasteiger partial charge in [-0.15, -0.1) is 5.10 Å². The van der Waals surface area contributed by atoms with Gasteiger partial charge in [0, 0.05) is 39.5 Å². The van der Waals surface area contributed by atoms with Gasteiger partial charge in [-0.3, -0.25) is 9.48 Å². The lowest BCUT2D eigenvalue weighted by Crippen LogP contribution is -2.35. The summed E-state index contributed by atoms with van der Waals surface area (Å²) in [6, 6.07) is 0. The first-order valence-electron chi connectivity index (χ1n) is 6.22. The predicted molar refractivity (Wildman–Crippen MR) is 68.3 cm³/mol. The van der Waals surface area contributed by atoms with E-state index in [0.29, 0.717) is 32.7 Å². The SMILES string of the molecule is COCCNC(=O)CNCc1cn(CCCO)nn1. The van der Waals surface area contributed by atoms with E-state index in [0.717, 1.165) is 5.69 Å². The van der Waals surface area contributed by atoms with Gasteiger partial charge in [-0.2, -0.15) is 0 Å². The number of aromatic nitrogens is 3. The molecule has 0 aliphatic rings. The molecule has 8 heteroatoms. The van der Waals surface area contributed by atoms with Crippen molar-refractivity contribution in [3.63, 3.8) is 0 Å². The Hall–Kier alpha value is -1.51. The second-order valence-corrected chi connectivity index (χ2v) is 4.00. The van der Waals surface area contributed by atoms with Crippen LogP contribution in [0.2, 0.25) is 0 Å². The molecule has 0 saturated carbocycles. The zero-order valence-electron chi connectivity index (χ0n) is 11.1. The van der Waals surface area contributed by atoms with Crippen LogP contribution in [0, 0.1) is 0 Å². The van der Waals surface area contributed by atoms with Gasteiger partial charge in [0.1, 0.15) is 0 Å². The molecule has 0 aliphatic carbocycles. The molecule has 0 atom stereocenters. The van der Waals surface area contributed by atoms with Gasteiger partial charge in [-0.05, 0) is 6.42 Å². The Labute approximate surface area is 112 Å². The molecular formula is C11H21N5O3. The van der Waals surface area contributed by atoms with Crippen LogP contribution in [0.3, 0.4) is 0 Å². The summed E-state index contributed by atoms with van der Waals surface area (Å²) in [7, 11) is 1.59. The van der Waals surface area contributed by atoms with Crippen LogP contribution < -0.4 is 10.6 Å². The maximum atomic E-state index is 11.4. The van der Waals surface area contributed by atoms with Crippen LogP contribution in [0.15, 0.2) is 6.20 Å². The lowest BCUT2D eigenvalue weighted by molar-refractivity contribution is -0.120. The van der Waals surface area contributed by atoms with Gasteiger partial charge < -0.3 is 20.5 Å². The van der Waals surface area contributed by atoms with Crippen LogP contribution in [-0.2, 0) is 22.6 Å². The summed E-state index contributed by atoms with van der Waals surface area (Å²) in [6.45, 7) is 2.50. The first-order valence-corrected chi connectivity index (χ1v) is 6.22. The second kappa shape index (κ2) is 9.42. The van der Waals surface area contributed by atoms with Crippen molar-refractivity contribution in [2.75, 3.05) is 33.4 Å². The number of nitrogens with one attached hydrogen (secondary N) is 2. The minimum atomic E-state index is -0.0790. The fourth-order valence-electron chi connectivity index (χ4n) is 1.42. The van der Waals surface area contributed by atoms with Crippen LogP contribution in [-0.4, -0.2) is 59.4 Å². The lowest BCUT2D eigenvalue weighted by atomic mass is 10.4. The van der Waals surface area contributed by atoms with Gasteiger partial charge in [0.15, 0.2) is 0 Å². The lowest BCUT2D eigenvalue weighted by Gasteiger charge is -2.04. The van der Waals surface area contributed by atoms with Crippen LogP contribution in [0.5, 0.6) is 0 Å². The van der Waals surface area contributed by atoms with Gasteiger partial charge in [0.2, 0.25) is 5.91 Å². The quantitative estimate of drug-likeness (QED) is 0.448. The van der Waals surface area contributed by atoms with E-state index in [2.05, 4.69) is 20.9 Å². The van der Waals surface area contributed by atoms with E-state index in [-0.39, 0.29) is 19.1 Å². The largest absolute Gasteiger partial charge is 0.396 e. The Balaban J connectivity index is 2.14. The molecule has 0 spiro atoms. The number of methoxy groups -OCH3 is 1. The maximum Gasteiger partial charge on any atom is 0.234 e. The first kappa shape index (κ1) is 15.5. The summed E-state index contributed by atoms with van der Waals surface area (Å²) in [5, 5.41) is 22.3. The van der Waals surface area contributed by atoms with E-state index >= 15 is 0 Å². The molecule has 3 N–H and O–H groups in total. The van der Waals surface area contributed by atoms with Gasteiger partial charge >= 0.3 is 0 Å². The van der Waals surface area contributed by atoms with Crippen LogP contribution in [0.25, 0.3) is 0 Å². The highest BCUT2D eigenvalue weighted by Gasteiger charge is 2.03. The Bertz CT molecular complexity index is 369. The molecule has 0 radical (unpaired) electrons. The van der Waals surface area contributed by atoms with Crippen molar-refractivity contribution >= 4 is 5.91 Å². The number of amides is 1. The smallest absolute Gasteiger partial charge is 0.234 e. The average molecular weight is 271 g/mol. The number of carbonyl (C=O) groups is 1. The zero-order chi connectivity index (χ0) is 13.9. The first-order chi connectivity index (χ1) is 9.26. The van der Waals surface area contributed by atoms with Gasteiger partial charge in [-0.25, -0.2) is 0 Å². The molecule has 0 aromatic carbocycles. The van der Waals surface area contributed by atoms with Gasteiger partial charge in [0.05, 0.1) is 18.8 Å². The highest BCUT2D eigenvalue weighted by atomic mass is 16.5. The minimum absolute atomic E-state index is 0.0790. The van der Waals surface area contributed by atoms with E-state index in [4.69, 9.17) is 9.84 Å². The van der Waals surface area contributed by atoms with Crippen molar-refractivity contribution in [3.8, 4) is 0 Å². The normalized spacial score (nSPS) is 10.6. The summed E-state index contributed by atoms with van der Waals surface area (Å²) in [4.78, 5) is 11.4. The molecule has 0 unspecified atom stereocenters. The van der Waals surface area contributed by atoms with Crippen molar-refractivity contribution < 1.29 is 14.6 Å². The Morgan fingerprint density at radius 3 is 3.16 bits per heavy atom. The van der Waals surface area contributed by atoms with E-state index < -0.39 is 0 Å². The topological polar surface area (TPSA) is 101 Å². The summed E-state index contributed by atoms with van der Waals surface area (Å²) < 4.78 is 6.50. The number of aliphatic hydroxyl groups is 1. The monoisotopic (exact) mass is 271 g/mol. The molecule has 0 bridgehead atoms. The molecule has 1 amide bonds. The van der Waals surface area contributed by atoms with Crippen molar-refractivity contribution in [3.05, 3.63) is 11.9 Å². The number of ether oxygens (including phenoxy) is 1. The molecule has 0 saturated heterocycles. The molecule has 19 heavy (non-hydrogen) atoms. The molecular weight excluding hydrogens is 250 g/mol. The fourth-order valence-corrected chi connectivity index (χ4v) is 1.42. The van der Waals surface area contributed by atoms with E-state index in [1.165, 1.54) is 0 Å². The molecule has 0 aliphatic heterocycles. The molecule has 108 valence electrons. The number of nitrogens with zero attached hydrogens (tertiary/aromatic N) is 3. The van der Waals surface area contributed by atoms with Gasteiger partial charge in [-0.1, -0.05) is 5.21 Å². The Morgan fingerprint density at radius 1 is 1.58 bits per heavy atom. The van der Waals surface area contributed by atoms with Crippen molar-refractivity contribution in [2.24, 2.45) is 0 Å². The van der Waals surface area contributed by atoms with E-state index in [1.807, 2.05) is 0 Å². The number of carbonyl (C=O) groups excluding carboxylic acids is 1. The van der Waals surface area contributed by atoms with E-state index in [1.54, 1.807) is 18.0 Å². The molecule has 0 fully saturated rings. The Morgan fingerprint density at radius 2 is 2.42 bits per heavy atom. The average Bonchev–Trinajstić information content (AvgIpc) is 2.84. The summed E-state index contributed by atoms with van der Waals surface area (Å²) >= 11 is 0. The van der Waals surface area contributed by atoms with Crippen LogP contribution in [0.4, 0.5) is 0 Å². The van der Waals surface area contributed by atoms with Crippen molar-refractivity contribution in [2.45, 2.75) is 19.5 Å². The van der Waals surface area contributed by atoms with Crippen LogP contribution in [0.1, 0.15) is 12.1 Å².